The van der Waals surface area contributed by atoms with Crippen LogP contribution in [-0.4, -0.2) is 16.7 Å². The number of ketones is 1. The maximum absolute atomic E-state index is 12.7. The molecule has 1 atom stereocenters. The van der Waals surface area contributed by atoms with E-state index in [0.717, 1.165) is 5.56 Å². The third kappa shape index (κ3) is 3.41. The lowest BCUT2D eigenvalue weighted by Gasteiger charge is -2.15. The van der Waals surface area contributed by atoms with Crippen LogP contribution in [0.25, 0.3) is 0 Å². The summed E-state index contributed by atoms with van der Waals surface area (Å²) < 4.78 is 0. The fourth-order valence-corrected chi connectivity index (χ4v) is 3.09. The Morgan fingerprint density at radius 2 is 1.83 bits per heavy atom. The summed E-state index contributed by atoms with van der Waals surface area (Å²) in [6.45, 7) is 1.80. The van der Waals surface area contributed by atoms with Gasteiger partial charge < -0.3 is 5.32 Å². The molecule has 1 aromatic carbocycles. The van der Waals surface area contributed by atoms with E-state index in [0.29, 0.717) is 16.8 Å². The Hall–Kier alpha value is -2.79. The van der Waals surface area contributed by atoms with Gasteiger partial charge in [0, 0.05) is 34.6 Å². The maximum Gasteiger partial charge on any atom is 0.231 e. The predicted molar refractivity (Wildman–Crippen MR) is 95.5 cm³/mol. The van der Waals surface area contributed by atoms with Gasteiger partial charge in [0.25, 0.3) is 0 Å². The second kappa shape index (κ2) is 7.19. The van der Waals surface area contributed by atoms with Crippen molar-refractivity contribution < 1.29 is 9.59 Å². The van der Waals surface area contributed by atoms with Crippen LogP contribution in [0.1, 0.15) is 34.3 Å². The SMILES string of the molecule is C[C@@H](C(=O)Nc1ccncc1)c1ccccc1C(=O)c1ccsc1. The largest absolute Gasteiger partial charge is 0.325 e. The van der Waals surface area contributed by atoms with Crippen LogP contribution >= 0.6 is 11.3 Å². The first-order chi connectivity index (χ1) is 11.7. The first-order valence-electron chi connectivity index (χ1n) is 7.53. The van der Waals surface area contributed by atoms with Gasteiger partial charge in [-0.2, -0.15) is 11.3 Å². The summed E-state index contributed by atoms with van der Waals surface area (Å²) in [5.41, 5.74) is 2.62. The summed E-state index contributed by atoms with van der Waals surface area (Å²) in [5, 5.41) is 6.54. The van der Waals surface area contributed by atoms with E-state index in [-0.39, 0.29) is 11.7 Å². The number of amides is 1. The van der Waals surface area contributed by atoms with Gasteiger partial charge in [0.05, 0.1) is 5.92 Å². The van der Waals surface area contributed by atoms with Gasteiger partial charge in [-0.3, -0.25) is 14.6 Å². The predicted octanol–water partition coefficient (Wildman–Crippen LogP) is 4.12. The minimum Gasteiger partial charge on any atom is -0.325 e. The number of nitrogens with one attached hydrogen (secondary N) is 1. The van der Waals surface area contributed by atoms with Gasteiger partial charge in [-0.25, -0.2) is 0 Å². The van der Waals surface area contributed by atoms with E-state index in [2.05, 4.69) is 10.3 Å². The maximum atomic E-state index is 12.7. The summed E-state index contributed by atoms with van der Waals surface area (Å²) in [4.78, 5) is 29.1. The van der Waals surface area contributed by atoms with Crippen LogP contribution in [-0.2, 0) is 4.79 Å². The van der Waals surface area contributed by atoms with Crippen molar-refractivity contribution in [3.8, 4) is 0 Å². The van der Waals surface area contributed by atoms with Gasteiger partial charge >= 0.3 is 0 Å². The molecule has 4 nitrogen and oxygen atoms in total. The minimum absolute atomic E-state index is 0.0598. The smallest absolute Gasteiger partial charge is 0.231 e. The summed E-state index contributed by atoms with van der Waals surface area (Å²) in [7, 11) is 0. The van der Waals surface area contributed by atoms with Crippen LogP contribution in [0.2, 0.25) is 0 Å². The number of benzene rings is 1. The number of hydrogen-bond donors (Lipinski definition) is 1. The number of carbonyl (C=O) groups excluding carboxylic acids is 2. The van der Waals surface area contributed by atoms with Crippen LogP contribution in [0.5, 0.6) is 0 Å². The van der Waals surface area contributed by atoms with Crippen molar-refractivity contribution in [3.05, 3.63) is 82.3 Å². The van der Waals surface area contributed by atoms with E-state index >= 15 is 0 Å². The summed E-state index contributed by atoms with van der Waals surface area (Å²) in [6, 6.07) is 12.5. The van der Waals surface area contributed by atoms with Crippen molar-refractivity contribution in [1.82, 2.24) is 4.98 Å². The Labute approximate surface area is 144 Å². The molecule has 0 aliphatic carbocycles. The summed E-state index contributed by atoms with van der Waals surface area (Å²) in [6.07, 6.45) is 3.24. The Balaban J connectivity index is 1.86. The lowest BCUT2D eigenvalue weighted by atomic mass is 9.91. The number of hydrogen-bond acceptors (Lipinski definition) is 4. The lowest BCUT2D eigenvalue weighted by Crippen LogP contribution is -2.21. The fraction of sp³-hybridized carbons (Fsp3) is 0.105. The average molecular weight is 336 g/mol. The number of carbonyl (C=O) groups is 2. The quantitative estimate of drug-likeness (QED) is 0.713. The molecule has 0 saturated heterocycles. The number of nitrogens with zero attached hydrogens (tertiary/aromatic N) is 1. The molecule has 0 unspecified atom stereocenters. The molecule has 2 aromatic heterocycles. The van der Waals surface area contributed by atoms with Crippen molar-refractivity contribution in [3.63, 3.8) is 0 Å². The van der Waals surface area contributed by atoms with E-state index in [1.165, 1.54) is 11.3 Å². The molecule has 120 valence electrons. The van der Waals surface area contributed by atoms with E-state index in [1.807, 2.05) is 29.0 Å². The molecule has 1 N–H and O–H groups in total. The molecule has 2 heterocycles. The van der Waals surface area contributed by atoms with E-state index in [9.17, 15) is 9.59 Å². The first-order valence-corrected chi connectivity index (χ1v) is 8.48. The van der Waals surface area contributed by atoms with E-state index < -0.39 is 5.92 Å². The molecule has 0 saturated carbocycles. The van der Waals surface area contributed by atoms with Crippen molar-refractivity contribution in [1.29, 1.82) is 0 Å². The van der Waals surface area contributed by atoms with Gasteiger partial charge in [0.1, 0.15) is 0 Å². The lowest BCUT2D eigenvalue weighted by molar-refractivity contribution is -0.117. The normalized spacial score (nSPS) is 11.7. The zero-order chi connectivity index (χ0) is 16.9. The third-order valence-corrected chi connectivity index (χ3v) is 4.48. The molecule has 0 fully saturated rings. The van der Waals surface area contributed by atoms with Crippen LogP contribution in [0.3, 0.4) is 0 Å². The van der Waals surface area contributed by atoms with Crippen molar-refractivity contribution in [2.24, 2.45) is 0 Å². The standard InChI is InChI=1S/C19H16N2O2S/c1-13(19(23)21-15-6-9-20-10-7-15)16-4-2-3-5-17(16)18(22)14-8-11-24-12-14/h2-13H,1H3,(H,20,21,23)/t13-/m1/s1. The highest BCUT2D eigenvalue weighted by Crippen LogP contribution is 2.24. The first kappa shape index (κ1) is 16.1. The molecule has 24 heavy (non-hydrogen) atoms. The Morgan fingerprint density at radius 1 is 1.08 bits per heavy atom. The molecule has 3 aromatic rings. The second-order valence-electron chi connectivity index (χ2n) is 5.38. The highest BCUT2D eigenvalue weighted by Gasteiger charge is 2.22. The van der Waals surface area contributed by atoms with Crippen molar-refractivity contribution in [2.45, 2.75) is 12.8 Å². The number of rotatable bonds is 5. The zero-order valence-electron chi connectivity index (χ0n) is 13.1. The number of pyridine rings is 1. The van der Waals surface area contributed by atoms with Gasteiger partial charge in [-0.05, 0) is 36.1 Å². The van der Waals surface area contributed by atoms with Crippen LogP contribution in [0, 0.1) is 0 Å². The highest BCUT2D eigenvalue weighted by molar-refractivity contribution is 7.08. The average Bonchev–Trinajstić information content (AvgIpc) is 3.16. The number of aromatic nitrogens is 1. The molecular formula is C19H16N2O2S. The number of anilines is 1. The number of thiophene rings is 1. The topological polar surface area (TPSA) is 59.1 Å². The Morgan fingerprint density at radius 3 is 2.54 bits per heavy atom. The van der Waals surface area contributed by atoms with E-state index in [1.54, 1.807) is 43.6 Å². The highest BCUT2D eigenvalue weighted by atomic mass is 32.1. The minimum atomic E-state index is -0.447. The molecule has 3 rings (SSSR count). The van der Waals surface area contributed by atoms with Crippen LogP contribution < -0.4 is 5.32 Å². The molecular weight excluding hydrogens is 320 g/mol. The van der Waals surface area contributed by atoms with Gasteiger partial charge in [-0.1, -0.05) is 24.3 Å². The molecule has 1 amide bonds. The molecule has 0 bridgehead atoms. The molecule has 5 heteroatoms. The zero-order valence-corrected chi connectivity index (χ0v) is 13.9. The summed E-state index contributed by atoms with van der Waals surface area (Å²) >= 11 is 1.48. The monoisotopic (exact) mass is 336 g/mol. The van der Waals surface area contributed by atoms with Crippen molar-refractivity contribution >= 4 is 28.7 Å². The second-order valence-corrected chi connectivity index (χ2v) is 6.16. The molecule has 0 aliphatic rings. The third-order valence-electron chi connectivity index (χ3n) is 3.80. The van der Waals surface area contributed by atoms with Crippen LogP contribution in [0.4, 0.5) is 5.69 Å². The van der Waals surface area contributed by atoms with E-state index in [4.69, 9.17) is 0 Å². The van der Waals surface area contributed by atoms with Gasteiger partial charge in [-0.15, -0.1) is 0 Å². The molecule has 0 spiro atoms. The molecule has 0 radical (unpaired) electrons. The van der Waals surface area contributed by atoms with Crippen molar-refractivity contribution in [2.75, 3.05) is 5.32 Å². The summed E-state index contributed by atoms with van der Waals surface area (Å²) in [5.74, 6) is -0.667. The van der Waals surface area contributed by atoms with Crippen LogP contribution in [0.15, 0.2) is 65.6 Å². The van der Waals surface area contributed by atoms with Gasteiger partial charge in [0.15, 0.2) is 5.78 Å². The van der Waals surface area contributed by atoms with Gasteiger partial charge in [0.2, 0.25) is 5.91 Å². The Kier molecular flexibility index (Phi) is 4.82. The fourth-order valence-electron chi connectivity index (χ4n) is 2.46. The Bertz CT molecular complexity index is 845. The molecule has 0 aliphatic heterocycles.